The van der Waals surface area contributed by atoms with Crippen LogP contribution < -0.4 is 4.78 Å². The molecular formula is C14H10BNO2S2. The molecule has 3 aromatic heterocycles. The minimum Gasteiger partial charge on any atom is -0.423 e. The SMILES string of the molecule is OB(O)c1cc2c(s1)c1sccc1n2-c1ccccc1. The van der Waals surface area contributed by atoms with Crippen molar-refractivity contribution in [1.82, 2.24) is 4.57 Å². The molecule has 3 nitrogen and oxygen atoms in total. The second-order valence-corrected chi connectivity index (χ2v) is 6.54. The number of nitrogens with zero attached hydrogens (tertiary/aromatic N) is 1. The Morgan fingerprint density at radius 3 is 2.50 bits per heavy atom. The summed E-state index contributed by atoms with van der Waals surface area (Å²) >= 11 is 3.13. The van der Waals surface area contributed by atoms with Crippen LogP contribution in [0, 0.1) is 0 Å². The Hall–Kier alpha value is -1.60. The number of rotatable bonds is 2. The lowest BCUT2D eigenvalue weighted by Gasteiger charge is -2.05. The predicted molar refractivity (Wildman–Crippen MR) is 86.4 cm³/mol. The summed E-state index contributed by atoms with van der Waals surface area (Å²) in [6, 6.07) is 14.1. The van der Waals surface area contributed by atoms with E-state index < -0.39 is 7.12 Å². The topological polar surface area (TPSA) is 45.4 Å². The molecule has 0 aliphatic carbocycles. The molecule has 0 atom stereocenters. The zero-order chi connectivity index (χ0) is 13.7. The van der Waals surface area contributed by atoms with Gasteiger partial charge in [-0.05, 0) is 29.6 Å². The zero-order valence-corrected chi connectivity index (χ0v) is 12.0. The van der Waals surface area contributed by atoms with Gasteiger partial charge in [0.2, 0.25) is 0 Å². The van der Waals surface area contributed by atoms with Gasteiger partial charge < -0.3 is 14.6 Å². The summed E-state index contributed by atoms with van der Waals surface area (Å²) in [6.07, 6.45) is 0. The standard InChI is InChI=1S/C14H10BNO2S2/c17-15(18)12-8-11-14(20-12)13-10(6-7-19-13)16(11)9-4-2-1-3-5-9/h1-8,17-18H. The molecule has 6 heteroatoms. The van der Waals surface area contributed by atoms with Crippen molar-refractivity contribution >= 4 is 55.0 Å². The molecule has 1 aromatic carbocycles. The van der Waals surface area contributed by atoms with Crippen molar-refractivity contribution < 1.29 is 10.0 Å². The maximum atomic E-state index is 9.39. The molecule has 0 bridgehead atoms. The summed E-state index contributed by atoms with van der Waals surface area (Å²) in [5, 5.41) is 20.8. The highest BCUT2D eigenvalue weighted by molar-refractivity contribution is 7.32. The van der Waals surface area contributed by atoms with Gasteiger partial charge in [0.25, 0.3) is 0 Å². The van der Waals surface area contributed by atoms with Crippen molar-refractivity contribution in [3.05, 3.63) is 47.8 Å². The molecule has 0 amide bonds. The van der Waals surface area contributed by atoms with Gasteiger partial charge >= 0.3 is 7.12 Å². The zero-order valence-electron chi connectivity index (χ0n) is 10.4. The van der Waals surface area contributed by atoms with Crippen LogP contribution >= 0.6 is 22.7 Å². The van der Waals surface area contributed by atoms with E-state index in [0.29, 0.717) is 4.78 Å². The fourth-order valence-electron chi connectivity index (χ4n) is 2.49. The van der Waals surface area contributed by atoms with E-state index in [0.717, 1.165) is 15.9 Å². The molecule has 0 radical (unpaired) electrons. The van der Waals surface area contributed by atoms with Gasteiger partial charge in [-0.1, -0.05) is 18.2 Å². The molecule has 0 aliphatic rings. The summed E-state index contributed by atoms with van der Waals surface area (Å²) in [6.45, 7) is 0. The molecule has 4 aromatic rings. The Morgan fingerprint density at radius 1 is 0.950 bits per heavy atom. The number of thiophene rings is 2. The van der Waals surface area contributed by atoms with E-state index in [1.807, 2.05) is 24.3 Å². The monoisotopic (exact) mass is 299 g/mol. The lowest BCUT2D eigenvalue weighted by Crippen LogP contribution is -2.26. The average Bonchev–Trinajstić information content (AvgIpc) is 3.10. The molecule has 0 unspecified atom stereocenters. The second-order valence-electron chi connectivity index (χ2n) is 4.54. The molecule has 2 N–H and O–H groups in total. The number of hydrogen-bond donors (Lipinski definition) is 2. The minimum atomic E-state index is -1.41. The van der Waals surface area contributed by atoms with Crippen LogP contribution in [0.5, 0.6) is 0 Å². The first-order chi connectivity index (χ1) is 9.75. The third-order valence-electron chi connectivity index (χ3n) is 3.33. The molecule has 0 saturated heterocycles. The maximum Gasteiger partial charge on any atom is 0.499 e. The van der Waals surface area contributed by atoms with Crippen molar-refractivity contribution in [2.45, 2.75) is 0 Å². The summed E-state index contributed by atoms with van der Waals surface area (Å²) in [7, 11) is -1.41. The third kappa shape index (κ3) is 1.66. The van der Waals surface area contributed by atoms with Gasteiger partial charge in [0.05, 0.1) is 20.4 Å². The van der Waals surface area contributed by atoms with Gasteiger partial charge in [0, 0.05) is 10.5 Å². The average molecular weight is 299 g/mol. The first-order valence-corrected chi connectivity index (χ1v) is 7.88. The van der Waals surface area contributed by atoms with E-state index >= 15 is 0 Å². The number of benzene rings is 1. The third-order valence-corrected chi connectivity index (χ3v) is 5.56. The van der Waals surface area contributed by atoms with Gasteiger partial charge in [0.15, 0.2) is 0 Å². The number of fused-ring (bicyclic) bond motifs is 3. The smallest absolute Gasteiger partial charge is 0.423 e. The molecule has 0 spiro atoms. The fourth-order valence-corrected chi connectivity index (χ4v) is 4.55. The highest BCUT2D eigenvalue weighted by atomic mass is 32.1. The van der Waals surface area contributed by atoms with Gasteiger partial charge in [0.1, 0.15) is 0 Å². The Labute approximate surface area is 123 Å². The Kier molecular flexibility index (Phi) is 2.71. The van der Waals surface area contributed by atoms with E-state index in [1.165, 1.54) is 21.6 Å². The Bertz CT molecular complexity index is 892. The predicted octanol–water partition coefficient (Wildman–Crippen LogP) is 2.59. The lowest BCUT2D eigenvalue weighted by molar-refractivity contribution is 0.427. The molecule has 0 aliphatic heterocycles. The van der Waals surface area contributed by atoms with Gasteiger partial charge in [-0.3, -0.25) is 0 Å². The van der Waals surface area contributed by atoms with Crippen LogP contribution in [0.15, 0.2) is 47.8 Å². The molecular weight excluding hydrogens is 289 g/mol. The molecule has 20 heavy (non-hydrogen) atoms. The summed E-state index contributed by atoms with van der Waals surface area (Å²) in [4.78, 5) is 0. The van der Waals surface area contributed by atoms with E-state index in [2.05, 4.69) is 28.1 Å². The van der Waals surface area contributed by atoms with Crippen LogP contribution in [-0.4, -0.2) is 21.7 Å². The quantitative estimate of drug-likeness (QED) is 0.559. The number of hydrogen-bond acceptors (Lipinski definition) is 4. The Morgan fingerprint density at radius 2 is 1.75 bits per heavy atom. The second kappa shape index (κ2) is 4.46. The van der Waals surface area contributed by atoms with Gasteiger partial charge in [-0.25, -0.2) is 0 Å². The van der Waals surface area contributed by atoms with Crippen molar-refractivity contribution in [3.63, 3.8) is 0 Å². The van der Waals surface area contributed by atoms with Gasteiger partial charge in [-0.15, -0.1) is 22.7 Å². The minimum absolute atomic E-state index is 0.579. The van der Waals surface area contributed by atoms with Crippen LogP contribution in [0.4, 0.5) is 0 Å². The van der Waals surface area contributed by atoms with E-state index in [1.54, 1.807) is 11.3 Å². The van der Waals surface area contributed by atoms with E-state index in [9.17, 15) is 10.0 Å². The molecule has 98 valence electrons. The first kappa shape index (κ1) is 12.2. The normalized spacial score (nSPS) is 11.5. The number of aromatic nitrogens is 1. The van der Waals surface area contributed by atoms with Crippen LogP contribution in [0.3, 0.4) is 0 Å². The van der Waals surface area contributed by atoms with Crippen molar-refractivity contribution in [3.8, 4) is 5.69 Å². The van der Waals surface area contributed by atoms with Crippen molar-refractivity contribution in [2.75, 3.05) is 0 Å². The first-order valence-electron chi connectivity index (χ1n) is 6.18. The maximum absolute atomic E-state index is 9.39. The van der Waals surface area contributed by atoms with Crippen molar-refractivity contribution in [1.29, 1.82) is 0 Å². The van der Waals surface area contributed by atoms with Crippen LogP contribution in [0.1, 0.15) is 0 Å². The fraction of sp³-hybridized carbons (Fsp3) is 0. The summed E-state index contributed by atoms with van der Waals surface area (Å²) < 4.78 is 5.06. The molecule has 0 saturated carbocycles. The van der Waals surface area contributed by atoms with E-state index in [-0.39, 0.29) is 0 Å². The highest BCUT2D eigenvalue weighted by Crippen LogP contribution is 2.37. The largest absolute Gasteiger partial charge is 0.499 e. The molecule has 4 rings (SSSR count). The van der Waals surface area contributed by atoms with Crippen molar-refractivity contribution in [2.24, 2.45) is 0 Å². The Balaban J connectivity index is 2.12. The lowest BCUT2D eigenvalue weighted by atomic mass is 9.90. The van der Waals surface area contributed by atoms with E-state index in [4.69, 9.17) is 0 Å². The van der Waals surface area contributed by atoms with Gasteiger partial charge in [-0.2, -0.15) is 0 Å². The van der Waals surface area contributed by atoms with Crippen LogP contribution in [0.2, 0.25) is 0 Å². The summed E-state index contributed by atoms with van der Waals surface area (Å²) in [5.41, 5.74) is 3.29. The molecule has 0 fully saturated rings. The van der Waals surface area contributed by atoms with Crippen LogP contribution in [-0.2, 0) is 0 Å². The summed E-state index contributed by atoms with van der Waals surface area (Å²) in [5.74, 6) is 0. The highest BCUT2D eigenvalue weighted by Gasteiger charge is 2.21. The molecule has 3 heterocycles. The number of para-hydroxylation sites is 1. The van der Waals surface area contributed by atoms with Crippen LogP contribution in [0.25, 0.3) is 26.1 Å².